The number of hydrazone groups is 1. The zero-order chi connectivity index (χ0) is 16.5. The van der Waals surface area contributed by atoms with Crippen LogP contribution >= 0.6 is 0 Å². The molecule has 1 aliphatic rings. The van der Waals surface area contributed by atoms with Crippen molar-refractivity contribution in [3.05, 3.63) is 34.4 Å². The van der Waals surface area contributed by atoms with Crippen LogP contribution in [0.4, 0.5) is 0 Å². The van der Waals surface area contributed by atoms with Crippen molar-refractivity contribution in [2.75, 3.05) is 11.5 Å². The van der Waals surface area contributed by atoms with E-state index in [1.165, 1.54) is 5.56 Å². The number of carbonyl (C=O) groups excluding carboxylic acids is 1. The molecule has 0 radical (unpaired) electrons. The lowest BCUT2D eigenvalue weighted by Crippen LogP contribution is -2.28. The van der Waals surface area contributed by atoms with Crippen molar-refractivity contribution in [2.24, 2.45) is 11.0 Å². The number of hydrogen-bond acceptors (Lipinski definition) is 4. The maximum atomic E-state index is 12.0. The molecule has 0 unspecified atom stereocenters. The van der Waals surface area contributed by atoms with Crippen molar-refractivity contribution in [3.8, 4) is 0 Å². The van der Waals surface area contributed by atoms with Crippen molar-refractivity contribution >= 4 is 21.5 Å². The summed E-state index contributed by atoms with van der Waals surface area (Å²) < 4.78 is 22.8. The normalized spacial score (nSPS) is 20.9. The minimum atomic E-state index is -3.06. The van der Waals surface area contributed by atoms with Crippen LogP contribution in [0.2, 0.25) is 0 Å². The van der Waals surface area contributed by atoms with Crippen LogP contribution in [-0.4, -0.2) is 31.5 Å². The average Bonchev–Trinajstić information content (AvgIpc) is 2.75. The summed E-state index contributed by atoms with van der Waals surface area (Å²) in [7, 11) is -3.06. The van der Waals surface area contributed by atoms with Gasteiger partial charge in [0.15, 0.2) is 9.84 Å². The van der Waals surface area contributed by atoms with Gasteiger partial charge in [-0.3, -0.25) is 4.79 Å². The zero-order valence-electron chi connectivity index (χ0n) is 13.4. The maximum absolute atomic E-state index is 12.0. The number of nitrogens with zero attached hydrogens (tertiary/aromatic N) is 1. The Bertz CT molecular complexity index is 713. The third kappa shape index (κ3) is 3.74. The summed E-state index contributed by atoms with van der Waals surface area (Å²) in [4.78, 5) is 12.0. The zero-order valence-corrected chi connectivity index (χ0v) is 14.3. The average molecular weight is 322 g/mol. The molecule has 0 bridgehead atoms. The van der Waals surface area contributed by atoms with Gasteiger partial charge in [-0.25, -0.2) is 13.8 Å². The molecule has 1 fully saturated rings. The van der Waals surface area contributed by atoms with Crippen molar-refractivity contribution in [1.29, 1.82) is 0 Å². The van der Waals surface area contributed by atoms with E-state index in [0.717, 1.165) is 22.4 Å². The molecule has 0 spiro atoms. The van der Waals surface area contributed by atoms with E-state index in [4.69, 9.17) is 0 Å². The summed E-state index contributed by atoms with van der Waals surface area (Å²) in [6.45, 7) is 7.91. The standard InChI is InChI=1S/C16H22N2O3S/c1-10-7-11(2)15(12(3)8-10)13(4)17-18-16(19)14-5-6-22(20,21)9-14/h7-8,14H,5-6,9H2,1-4H3,(H,18,19)/b17-13-/t14-/m1/s1. The number of rotatable bonds is 3. The van der Waals surface area contributed by atoms with Crippen LogP contribution in [0.3, 0.4) is 0 Å². The number of hydrogen-bond donors (Lipinski definition) is 1. The minimum absolute atomic E-state index is 0.0734. The number of nitrogens with one attached hydrogen (secondary N) is 1. The van der Waals surface area contributed by atoms with E-state index in [1.807, 2.05) is 27.7 Å². The fourth-order valence-corrected chi connectivity index (χ4v) is 4.78. The molecule has 1 aliphatic heterocycles. The highest BCUT2D eigenvalue weighted by Gasteiger charge is 2.32. The van der Waals surface area contributed by atoms with E-state index in [1.54, 1.807) is 0 Å². The minimum Gasteiger partial charge on any atom is -0.273 e. The first kappa shape index (κ1) is 16.7. The van der Waals surface area contributed by atoms with E-state index in [9.17, 15) is 13.2 Å². The van der Waals surface area contributed by atoms with Crippen molar-refractivity contribution in [2.45, 2.75) is 34.1 Å². The number of benzene rings is 1. The van der Waals surface area contributed by atoms with Gasteiger partial charge in [-0.05, 0) is 45.2 Å². The molecule has 1 atom stereocenters. The first-order chi connectivity index (χ1) is 10.2. The van der Waals surface area contributed by atoms with Crippen LogP contribution in [0.15, 0.2) is 17.2 Å². The van der Waals surface area contributed by atoms with Gasteiger partial charge in [-0.2, -0.15) is 5.10 Å². The van der Waals surface area contributed by atoms with Gasteiger partial charge >= 0.3 is 0 Å². The lowest BCUT2D eigenvalue weighted by atomic mass is 9.97. The van der Waals surface area contributed by atoms with Crippen LogP contribution in [-0.2, 0) is 14.6 Å². The van der Waals surface area contributed by atoms with Crippen molar-refractivity contribution < 1.29 is 13.2 Å². The predicted molar refractivity (Wildman–Crippen MR) is 87.8 cm³/mol. The van der Waals surface area contributed by atoms with E-state index in [2.05, 4.69) is 22.7 Å². The molecule has 6 heteroatoms. The van der Waals surface area contributed by atoms with Gasteiger partial charge in [-0.15, -0.1) is 0 Å². The van der Waals surface area contributed by atoms with Crippen LogP contribution in [0.5, 0.6) is 0 Å². The molecule has 2 rings (SSSR count). The highest BCUT2D eigenvalue weighted by Crippen LogP contribution is 2.19. The van der Waals surface area contributed by atoms with Crippen LogP contribution in [0.25, 0.3) is 0 Å². The molecule has 1 aromatic carbocycles. The Morgan fingerprint density at radius 1 is 1.23 bits per heavy atom. The molecule has 120 valence electrons. The Morgan fingerprint density at radius 3 is 2.32 bits per heavy atom. The first-order valence-corrected chi connectivity index (χ1v) is 9.14. The Kier molecular flexibility index (Phi) is 4.70. The molecular weight excluding hydrogens is 300 g/mol. The van der Waals surface area contributed by atoms with Crippen molar-refractivity contribution in [1.82, 2.24) is 5.43 Å². The topological polar surface area (TPSA) is 75.6 Å². The summed E-state index contributed by atoms with van der Waals surface area (Å²) >= 11 is 0. The molecule has 0 saturated carbocycles. The summed E-state index contributed by atoms with van der Waals surface area (Å²) in [5.41, 5.74) is 7.66. The molecule has 0 aromatic heterocycles. The van der Waals surface area contributed by atoms with Gasteiger partial charge < -0.3 is 0 Å². The molecule has 22 heavy (non-hydrogen) atoms. The molecule has 1 heterocycles. The second-order valence-corrected chi connectivity index (χ2v) is 8.28. The maximum Gasteiger partial charge on any atom is 0.244 e. The largest absolute Gasteiger partial charge is 0.273 e. The molecule has 5 nitrogen and oxygen atoms in total. The summed E-state index contributed by atoms with van der Waals surface area (Å²) in [6, 6.07) is 4.15. The van der Waals surface area contributed by atoms with Gasteiger partial charge in [0.25, 0.3) is 0 Å². The Balaban J connectivity index is 2.12. The quantitative estimate of drug-likeness (QED) is 0.682. The van der Waals surface area contributed by atoms with Crippen LogP contribution < -0.4 is 5.43 Å². The van der Waals surface area contributed by atoms with E-state index in [0.29, 0.717) is 6.42 Å². The molecule has 1 saturated heterocycles. The molecular formula is C16H22N2O3S. The molecule has 1 amide bonds. The summed E-state index contributed by atoms with van der Waals surface area (Å²) in [5, 5.41) is 4.16. The highest BCUT2D eigenvalue weighted by molar-refractivity contribution is 7.91. The molecule has 1 N–H and O–H groups in total. The predicted octanol–water partition coefficient (Wildman–Crippen LogP) is 1.89. The Labute approximate surface area is 131 Å². The van der Waals surface area contributed by atoms with Gasteiger partial charge in [0.1, 0.15) is 0 Å². The van der Waals surface area contributed by atoms with E-state index in [-0.39, 0.29) is 17.4 Å². The number of carbonyl (C=O) groups is 1. The van der Waals surface area contributed by atoms with Gasteiger partial charge in [0.05, 0.1) is 23.1 Å². The number of aryl methyl sites for hydroxylation is 3. The van der Waals surface area contributed by atoms with Crippen molar-refractivity contribution in [3.63, 3.8) is 0 Å². The van der Waals surface area contributed by atoms with Crippen LogP contribution in [0, 0.1) is 26.7 Å². The number of sulfone groups is 1. The first-order valence-electron chi connectivity index (χ1n) is 7.32. The lowest BCUT2D eigenvalue weighted by Gasteiger charge is -2.12. The smallest absolute Gasteiger partial charge is 0.244 e. The van der Waals surface area contributed by atoms with Gasteiger partial charge in [0.2, 0.25) is 5.91 Å². The fourth-order valence-electron chi connectivity index (χ4n) is 3.04. The summed E-state index contributed by atoms with van der Waals surface area (Å²) in [6.07, 6.45) is 0.380. The van der Waals surface area contributed by atoms with E-state index < -0.39 is 15.8 Å². The SMILES string of the molecule is C/C(=N/NC(=O)[C@@H]1CCS(=O)(=O)C1)c1c(C)cc(C)cc1C. The second-order valence-electron chi connectivity index (χ2n) is 6.05. The molecule has 0 aliphatic carbocycles. The Hall–Kier alpha value is -1.69. The second kappa shape index (κ2) is 6.20. The van der Waals surface area contributed by atoms with Crippen LogP contribution in [0.1, 0.15) is 35.6 Å². The van der Waals surface area contributed by atoms with Gasteiger partial charge in [0, 0.05) is 5.56 Å². The fraction of sp³-hybridized carbons (Fsp3) is 0.500. The number of amides is 1. The lowest BCUT2D eigenvalue weighted by molar-refractivity contribution is -0.124. The third-order valence-electron chi connectivity index (χ3n) is 3.98. The highest BCUT2D eigenvalue weighted by atomic mass is 32.2. The monoisotopic (exact) mass is 322 g/mol. The summed E-state index contributed by atoms with van der Waals surface area (Å²) in [5.74, 6) is -0.787. The van der Waals surface area contributed by atoms with E-state index >= 15 is 0 Å². The Morgan fingerprint density at radius 2 is 1.82 bits per heavy atom. The molecule has 1 aromatic rings. The third-order valence-corrected chi connectivity index (χ3v) is 5.74. The van der Waals surface area contributed by atoms with Gasteiger partial charge in [-0.1, -0.05) is 17.7 Å².